The van der Waals surface area contributed by atoms with Crippen molar-refractivity contribution < 1.29 is 0 Å². The van der Waals surface area contributed by atoms with Crippen molar-refractivity contribution in [3.63, 3.8) is 0 Å². The number of aromatic nitrogens is 1. The van der Waals surface area contributed by atoms with Crippen molar-refractivity contribution in [2.75, 3.05) is 5.73 Å². The van der Waals surface area contributed by atoms with Gasteiger partial charge in [-0.05, 0) is 24.7 Å². The molecule has 14 heavy (non-hydrogen) atoms. The molecule has 3 rings (SSSR count). The van der Waals surface area contributed by atoms with Gasteiger partial charge >= 0.3 is 0 Å². The van der Waals surface area contributed by atoms with Crippen LogP contribution in [-0.4, -0.2) is 11.0 Å². The predicted octanol–water partition coefficient (Wildman–Crippen LogP) is 1.61. The van der Waals surface area contributed by atoms with Gasteiger partial charge in [0.1, 0.15) is 0 Å². The molecule has 1 heterocycles. The summed E-state index contributed by atoms with van der Waals surface area (Å²) in [6.45, 7) is 0.951. The summed E-state index contributed by atoms with van der Waals surface area (Å²) in [6.07, 6.45) is 6.20. The summed E-state index contributed by atoms with van der Waals surface area (Å²) in [5, 5.41) is 4.28. The smallest absolute Gasteiger partial charge is 0.180 e. The molecule has 0 radical (unpaired) electrons. The third kappa shape index (κ3) is 1.42. The Kier molecular flexibility index (Phi) is 1.99. The van der Waals surface area contributed by atoms with E-state index >= 15 is 0 Å². The molecule has 76 valence electrons. The number of nitrogen functional groups attached to an aromatic ring is 1. The van der Waals surface area contributed by atoms with E-state index in [-0.39, 0.29) is 0 Å². The normalized spacial score (nSPS) is 34.4. The zero-order valence-corrected chi connectivity index (χ0v) is 8.89. The van der Waals surface area contributed by atoms with E-state index in [9.17, 15) is 0 Å². The Balaban J connectivity index is 1.51. The third-order valence-electron chi connectivity index (χ3n) is 3.49. The lowest BCUT2D eigenvalue weighted by Gasteiger charge is -2.03. The van der Waals surface area contributed by atoms with E-state index in [1.54, 1.807) is 11.3 Å². The molecule has 0 aliphatic heterocycles. The highest BCUT2D eigenvalue weighted by Crippen LogP contribution is 2.51. The van der Waals surface area contributed by atoms with Crippen LogP contribution in [0.5, 0.6) is 0 Å². The highest BCUT2D eigenvalue weighted by Gasteiger charge is 2.51. The number of hydrogen-bond donors (Lipinski definition) is 2. The first-order chi connectivity index (χ1) is 6.84. The van der Waals surface area contributed by atoms with Gasteiger partial charge < -0.3 is 11.1 Å². The van der Waals surface area contributed by atoms with E-state index in [0.29, 0.717) is 5.13 Å². The fraction of sp³-hybridized carbons (Fsp3) is 0.700. The molecule has 4 heteroatoms. The number of nitrogens with zero attached hydrogens (tertiary/aromatic N) is 1. The van der Waals surface area contributed by atoms with Crippen LogP contribution in [0.25, 0.3) is 0 Å². The van der Waals surface area contributed by atoms with Crippen molar-refractivity contribution in [3.05, 3.63) is 11.1 Å². The molecule has 1 aromatic heterocycles. The van der Waals surface area contributed by atoms with Gasteiger partial charge in [-0.1, -0.05) is 6.42 Å². The molecule has 2 aliphatic rings. The second-order valence-corrected chi connectivity index (χ2v) is 5.48. The molecule has 2 unspecified atom stereocenters. The van der Waals surface area contributed by atoms with E-state index in [1.165, 1.54) is 24.1 Å². The van der Waals surface area contributed by atoms with E-state index in [1.807, 2.05) is 6.20 Å². The van der Waals surface area contributed by atoms with Crippen molar-refractivity contribution in [2.24, 2.45) is 11.8 Å². The molecular formula is C10H15N3S. The van der Waals surface area contributed by atoms with Crippen LogP contribution in [0.4, 0.5) is 5.13 Å². The predicted molar refractivity (Wildman–Crippen MR) is 58.0 cm³/mol. The number of anilines is 1. The van der Waals surface area contributed by atoms with Crippen LogP contribution in [0, 0.1) is 11.8 Å². The van der Waals surface area contributed by atoms with Crippen LogP contribution >= 0.6 is 11.3 Å². The van der Waals surface area contributed by atoms with Gasteiger partial charge in [-0.3, -0.25) is 0 Å². The average molecular weight is 209 g/mol. The molecule has 0 spiro atoms. The second-order valence-electron chi connectivity index (χ2n) is 4.33. The molecule has 2 saturated carbocycles. The van der Waals surface area contributed by atoms with Gasteiger partial charge in [0, 0.05) is 23.7 Å². The summed E-state index contributed by atoms with van der Waals surface area (Å²) in [7, 11) is 0. The Labute approximate surface area is 87.7 Å². The number of thiazole rings is 1. The maximum absolute atomic E-state index is 5.57. The summed E-state index contributed by atoms with van der Waals surface area (Å²) < 4.78 is 0. The van der Waals surface area contributed by atoms with Crippen LogP contribution < -0.4 is 11.1 Å². The Morgan fingerprint density at radius 2 is 2.29 bits per heavy atom. The fourth-order valence-electron chi connectivity index (χ4n) is 2.75. The summed E-state index contributed by atoms with van der Waals surface area (Å²) in [5.41, 5.74) is 5.57. The minimum atomic E-state index is 0.679. The van der Waals surface area contributed by atoms with Crippen molar-refractivity contribution in [1.82, 2.24) is 10.3 Å². The topological polar surface area (TPSA) is 50.9 Å². The quantitative estimate of drug-likeness (QED) is 0.795. The Hall–Kier alpha value is -0.610. The number of nitrogens with two attached hydrogens (primary N) is 1. The van der Waals surface area contributed by atoms with E-state index < -0.39 is 0 Å². The minimum Gasteiger partial charge on any atom is -0.375 e. The molecule has 0 saturated heterocycles. The van der Waals surface area contributed by atoms with Gasteiger partial charge in [0.05, 0.1) is 0 Å². The first-order valence-corrected chi connectivity index (χ1v) is 6.10. The molecule has 1 aromatic rings. The van der Waals surface area contributed by atoms with Crippen LogP contribution in [0.15, 0.2) is 6.20 Å². The molecule has 2 aliphatic carbocycles. The van der Waals surface area contributed by atoms with Crippen LogP contribution in [0.3, 0.4) is 0 Å². The van der Waals surface area contributed by atoms with Crippen molar-refractivity contribution in [1.29, 1.82) is 0 Å². The zero-order valence-electron chi connectivity index (χ0n) is 8.07. The lowest BCUT2D eigenvalue weighted by molar-refractivity contribution is 0.563. The Bertz CT molecular complexity index is 326. The fourth-order valence-corrected chi connectivity index (χ4v) is 3.38. The van der Waals surface area contributed by atoms with E-state index in [0.717, 1.165) is 24.4 Å². The molecule has 3 nitrogen and oxygen atoms in total. The van der Waals surface area contributed by atoms with Gasteiger partial charge in [-0.15, -0.1) is 11.3 Å². The first kappa shape index (κ1) is 8.68. The average Bonchev–Trinajstić information content (AvgIpc) is 2.59. The Morgan fingerprint density at radius 3 is 2.93 bits per heavy atom. The molecule has 2 atom stereocenters. The van der Waals surface area contributed by atoms with Gasteiger partial charge in [-0.2, -0.15) is 0 Å². The lowest BCUT2D eigenvalue weighted by atomic mass is 10.2. The zero-order chi connectivity index (χ0) is 9.54. The number of fused-ring (bicyclic) bond motifs is 1. The van der Waals surface area contributed by atoms with Gasteiger partial charge in [-0.25, -0.2) is 4.98 Å². The van der Waals surface area contributed by atoms with E-state index in [4.69, 9.17) is 5.73 Å². The maximum atomic E-state index is 5.57. The molecular weight excluding hydrogens is 194 g/mol. The number of rotatable bonds is 3. The maximum Gasteiger partial charge on any atom is 0.180 e. The summed E-state index contributed by atoms with van der Waals surface area (Å²) in [5.74, 6) is 1.97. The molecule has 0 amide bonds. The monoisotopic (exact) mass is 209 g/mol. The van der Waals surface area contributed by atoms with Crippen LogP contribution in [0.2, 0.25) is 0 Å². The standard InChI is InChI=1S/C10H15N3S/c11-10-13-5-6(14-10)4-12-9-7-2-1-3-8(7)9/h5,7-9,12H,1-4H2,(H2,11,13). The highest BCUT2D eigenvalue weighted by molar-refractivity contribution is 7.15. The molecule has 3 N–H and O–H groups in total. The first-order valence-electron chi connectivity index (χ1n) is 5.28. The largest absolute Gasteiger partial charge is 0.375 e. The van der Waals surface area contributed by atoms with Gasteiger partial charge in [0.25, 0.3) is 0 Å². The van der Waals surface area contributed by atoms with E-state index in [2.05, 4.69) is 10.3 Å². The lowest BCUT2D eigenvalue weighted by Crippen LogP contribution is -2.19. The molecule has 2 fully saturated rings. The summed E-state index contributed by atoms with van der Waals surface area (Å²) >= 11 is 1.59. The second kappa shape index (κ2) is 3.21. The van der Waals surface area contributed by atoms with Crippen LogP contribution in [-0.2, 0) is 6.54 Å². The summed E-state index contributed by atoms with van der Waals surface area (Å²) in [4.78, 5) is 5.30. The van der Waals surface area contributed by atoms with Crippen LogP contribution in [0.1, 0.15) is 24.1 Å². The van der Waals surface area contributed by atoms with Gasteiger partial charge in [0.15, 0.2) is 5.13 Å². The molecule has 0 bridgehead atoms. The van der Waals surface area contributed by atoms with Crippen molar-refractivity contribution >= 4 is 16.5 Å². The number of hydrogen-bond acceptors (Lipinski definition) is 4. The van der Waals surface area contributed by atoms with Gasteiger partial charge in [0.2, 0.25) is 0 Å². The minimum absolute atomic E-state index is 0.679. The Morgan fingerprint density at radius 1 is 1.50 bits per heavy atom. The van der Waals surface area contributed by atoms with Crippen molar-refractivity contribution in [2.45, 2.75) is 31.8 Å². The molecule has 0 aromatic carbocycles. The highest BCUT2D eigenvalue weighted by atomic mass is 32.1. The number of nitrogens with one attached hydrogen (secondary N) is 1. The summed E-state index contributed by atoms with van der Waals surface area (Å²) in [6, 6.07) is 0.798. The SMILES string of the molecule is Nc1ncc(CNC2C3CCCC32)s1. The van der Waals surface area contributed by atoms with Crippen molar-refractivity contribution in [3.8, 4) is 0 Å². The third-order valence-corrected chi connectivity index (χ3v) is 4.32.